The lowest BCUT2D eigenvalue weighted by atomic mass is 10.3. The monoisotopic (exact) mass is 225 g/mol. The fourth-order valence-electron chi connectivity index (χ4n) is 1.09. The van der Waals surface area contributed by atoms with Gasteiger partial charge in [-0.15, -0.1) is 0 Å². The summed E-state index contributed by atoms with van der Waals surface area (Å²) in [5.41, 5.74) is 0.898. The minimum atomic E-state index is -0.135. The minimum Gasteiger partial charge on any atom is -0.307 e. The number of thiocarbonyl (C=S) groups is 1. The third kappa shape index (κ3) is 1.85. The molecular formula is C8H7N3OS2. The number of aromatic nitrogens is 2. The van der Waals surface area contributed by atoms with Crippen LogP contribution in [-0.4, -0.2) is 20.0 Å². The molecule has 0 unspecified atom stereocenters. The molecule has 1 aliphatic rings. The van der Waals surface area contributed by atoms with Gasteiger partial charge in [0.05, 0.1) is 11.1 Å². The number of thioether (sulfide) groups is 1. The van der Waals surface area contributed by atoms with Crippen LogP contribution in [0.2, 0.25) is 0 Å². The topological polar surface area (TPSA) is 46.9 Å². The van der Waals surface area contributed by atoms with E-state index in [2.05, 4.69) is 10.4 Å². The van der Waals surface area contributed by atoms with E-state index in [-0.39, 0.29) is 5.91 Å². The van der Waals surface area contributed by atoms with Gasteiger partial charge in [-0.2, -0.15) is 5.10 Å². The minimum absolute atomic E-state index is 0.135. The maximum Gasteiger partial charge on any atom is 0.263 e. The third-order valence-corrected chi connectivity index (χ3v) is 2.83. The molecule has 14 heavy (non-hydrogen) atoms. The molecule has 0 bridgehead atoms. The Balaban J connectivity index is 2.27. The Morgan fingerprint density at radius 1 is 1.71 bits per heavy atom. The van der Waals surface area contributed by atoms with Crippen molar-refractivity contribution in [1.29, 1.82) is 0 Å². The molecule has 1 aromatic rings. The van der Waals surface area contributed by atoms with Gasteiger partial charge >= 0.3 is 0 Å². The van der Waals surface area contributed by atoms with E-state index in [1.54, 1.807) is 17.0 Å². The smallest absolute Gasteiger partial charge is 0.263 e. The summed E-state index contributed by atoms with van der Waals surface area (Å²) in [6.07, 6.45) is 5.30. The predicted molar refractivity (Wildman–Crippen MR) is 59.5 cm³/mol. The summed E-state index contributed by atoms with van der Waals surface area (Å²) in [6, 6.07) is 0. The van der Waals surface area contributed by atoms with Crippen molar-refractivity contribution in [2.75, 3.05) is 0 Å². The number of hydrogen-bond acceptors (Lipinski definition) is 4. The van der Waals surface area contributed by atoms with E-state index in [1.807, 2.05) is 13.2 Å². The molecule has 0 saturated carbocycles. The molecule has 6 heteroatoms. The summed E-state index contributed by atoms with van der Waals surface area (Å²) in [5, 5.41) is 6.55. The first kappa shape index (κ1) is 9.42. The second kappa shape index (κ2) is 3.55. The van der Waals surface area contributed by atoms with E-state index in [1.165, 1.54) is 11.8 Å². The van der Waals surface area contributed by atoms with Gasteiger partial charge < -0.3 is 5.32 Å². The van der Waals surface area contributed by atoms with Gasteiger partial charge in [0.15, 0.2) is 0 Å². The number of carbonyl (C=O) groups excluding carboxylic acids is 1. The largest absolute Gasteiger partial charge is 0.307 e. The maximum atomic E-state index is 11.3. The van der Waals surface area contributed by atoms with Crippen molar-refractivity contribution in [2.24, 2.45) is 7.05 Å². The summed E-state index contributed by atoms with van der Waals surface area (Å²) < 4.78 is 2.19. The Bertz CT molecular complexity index is 436. The highest BCUT2D eigenvalue weighted by Gasteiger charge is 2.21. The molecule has 0 radical (unpaired) electrons. The Labute approximate surface area is 90.4 Å². The fraction of sp³-hybridized carbons (Fsp3) is 0.125. The fourth-order valence-corrected chi connectivity index (χ4v) is 2.13. The van der Waals surface area contributed by atoms with Crippen LogP contribution >= 0.6 is 24.0 Å². The van der Waals surface area contributed by atoms with Gasteiger partial charge in [-0.05, 0) is 6.08 Å². The van der Waals surface area contributed by atoms with Crippen LogP contribution < -0.4 is 5.32 Å². The van der Waals surface area contributed by atoms with Crippen molar-refractivity contribution in [2.45, 2.75) is 0 Å². The van der Waals surface area contributed by atoms with Crippen molar-refractivity contribution in [3.05, 3.63) is 22.9 Å². The summed E-state index contributed by atoms with van der Waals surface area (Å²) in [4.78, 5) is 11.9. The molecule has 1 amide bonds. The first-order chi connectivity index (χ1) is 6.65. The zero-order valence-electron chi connectivity index (χ0n) is 7.35. The van der Waals surface area contributed by atoms with E-state index < -0.39 is 0 Å². The molecule has 0 aliphatic carbocycles. The van der Waals surface area contributed by atoms with Gasteiger partial charge in [-0.25, -0.2) is 0 Å². The normalized spacial score (nSPS) is 19.1. The zero-order valence-corrected chi connectivity index (χ0v) is 8.98. The lowest BCUT2D eigenvalue weighted by molar-refractivity contribution is -0.115. The zero-order chi connectivity index (χ0) is 10.1. The van der Waals surface area contributed by atoms with E-state index in [0.717, 1.165) is 5.56 Å². The van der Waals surface area contributed by atoms with Crippen LogP contribution in [0.25, 0.3) is 6.08 Å². The molecule has 1 aliphatic heterocycles. The van der Waals surface area contributed by atoms with Gasteiger partial charge in [0.1, 0.15) is 4.32 Å². The molecule has 1 N–H and O–H groups in total. The molecule has 0 atom stereocenters. The number of amides is 1. The van der Waals surface area contributed by atoms with Crippen molar-refractivity contribution in [1.82, 2.24) is 15.1 Å². The summed E-state index contributed by atoms with van der Waals surface area (Å²) in [5.74, 6) is -0.135. The number of nitrogens with one attached hydrogen (secondary N) is 1. The third-order valence-electron chi connectivity index (χ3n) is 1.66. The number of nitrogens with zero attached hydrogens (tertiary/aromatic N) is 2. The highest BCUT2D eigenvalue weighted by molar-refractivity contribution is 8.26. The predicted octanol–water partition coefficient (Wildman–Crippen LogP) is 0.909. The lowest BCUT2D eigenvalue weighted by Gasteiger charge is -1.88. The molecular weight excluding hydrogens is 218 g/mol. The first-order valence-corrected chi connectivity index (χ1v) is 5.11. The summed E-state index contributed by atoms with van der Waals surface area (Å²) >= 11 is 6.14. The molecule has 2 heterocycles. The van der Waals surface area contributed by atoms with Crippen molar-refractivity contribution in [3.63, 3.8) is 0 Å². The van der Waals surface area contributed by atoms with Crippen molar-refractivity contribution >= 4 is 40.3 Å². The van der Waals surface area contributed by atoms with Crippen LogP contribution in [-0.2, 0) is 11.8 Å². The second-order valence-corrected chi connectivity index (χ2v) is 4.52. The van der Waals surface area contributed by atoms with Crippen molar-refractivity contribution < 1.29 is 4.79 Å². The average molecular weight is 225 g/mol. The van der Waals surface area contributed by atoms with E-state index in [0.29, 0.717) is 9.23 Å². The van der Waals surface area contributed by atoms with Gasteiger partial charge in [-0.1, -0.05) is 24.0 Å². The molecule has 0 spiro atoms. The van der Waals surface area contributed by atoms with Crippen LogP contribution in [0.3, 0.4) is 0 Å². The number of hydrogen-bond donors (Lipinski definition) is 1. The van der Waals surface area contributed by atoms with Gasteiger partial charge in [0.25, 0.3) is 5.91 Å². The molecule has 1 aromatic heterocycles. The SMILES string of the molecule is Cn1cc(C=C2SC(=S)NC2=O)cn1. The molecule has 0 aromatic carbocycles. The van der Waals surface area contributed by atoms with Crippen LogP contribution in [0.1, 0.15) is 5.56 Å². The lowest BCUT2D eigenvalue weighted by Crippen LogP contribution is -2.17. The quantitative estimate of drug-likeness (QED) is 0.570. The molecule has 4 nitrogen and oxygen atoms in total. The Morgan fingerprint density at radius 2 is 2.50 bits per heavy atom. The average Bonchev–Trinajstić information content (AvgIpc) is 2.61. The van der Waals surface area contributed by atoms with Gasteiger partial charge in [-0.3, -0.25) is 9.48 Å². The molecule has 2 rings (SSSR count). The molecule has 72 valence electrons. The van der Waals surface area contributed by atoms with Crippen molar-refractivity contribution in [3.8, 4) is 0 Å². The van der Waals surface area contributed by atoms with Crippen LogP contribution in [0, 0.1) is 0 Å². The standard InChI is InChI=1S/C8H7N3OS2/c1-11-4-5(3-9-11)2-6-7(12)10-8(13)14-6/h2-4H,1H3,(H,10,12,13). The van der Waals surface area contributed by atoms with Gasteiger partial charge in [0.2, 0.25) is 0 Å². The Kier molecular flexibility index (Phi) is 2.39. The highest BCUT2D eigenvalue weighted by Crippen LogP contribution is 2.25. The Morgan fingerprint density at radius 3 is 3.00 bits per heavy atom. The van der Waals surface area contributed by atoms with Crippen LogP contribution in [0.4, 0.5) is 0 Å². The van der Waals surface area contributed by atoms with E-state index in [4.69, 9.17) is 12.2 Å². The van der Waals surface area contributed by atoms with Gasteiger partial charge in [0, 0.05) is 18.8 Å². The van der Waals surface area contributed by atoms with E-state index >= 15 is 0 Å². The maximum absolute atomic E-state index is 11.3. The van der Waals surface area contributed by atoms with Crippen LogP contribution in [0.15, 0.2) is 17.3 Å². The first-order valence-electron chi connectivity index (χ1n) is 3.88. The highest BCUT2D eigenvalue weighted by atomic mass is 32.2. The summed E-state index contributed by atoms with van der Waals surface area (Å²) in [6.45, 7) is 0. The number of carbonyl (C=O) groups is 1. The number of rotatable bonds is 1. The number of aryl methyl sites for hydroxylation is 1. The second-order valence-electron chi connectivity index (χ2n) is 2.80. The molecule has 1 fully saturated rings. The van der Waals surface area contributed by atoms with E-state index in [9.17, 15) is 4.79 Å². The van der Waals surface area contributed by atoms with Crippen LogP contribution in [0.5, 0.6) is 0 Å². The summed E-state index contributed by atoms with van der Waals surface area (Å²) in [7, 11) is 1.83. The Hall–Kier alpha value is -1.14. The molecule has 1 saturated heterocycles.